The van der Waals surface area contributed by atoms with Crippen molar-refractivity contribution < 1.29 is 44.8 Å². The van der Waals surface area contributed by atoms with Gasteiger partial charge in [0.2, 0.25) is 0 Å². The Labute approximate surface area is 80.7 Å². The molecule has 1 aromatic rings. The molecule has 0 N–H and O–H groups in total. The van der Waals surface area contributed by atoms with Crippen LogP contribution in [0.4, 0.5) is 0 Å². The van der Waals surface area contributed by atoms with E-state index in [1.165, 1.54) is 0 Å². The molecular weight excluding hydrogens is 288 g/mol. The van der Waals surface area contributed by atoms with E-state index < -0.39 is 0 Å². The summed E-state index contributed by atoms with van der Waals surface area (Å²) in [5.41, 5.74) is 0. The van der Waals surface area contributed by atoms with E-state index in [0.717, 1.165) is 0 Å². The summed E-state index contributed by atoms with van der Waals surface area (Å²) in [5.74, 6) is 0. The second kappa shape index (κ2) is 7.70. The minimum Gasteiger partial charge on any atom is -0.359 e. The van der Waals surface area contributed by atoms with E-state index >= 15 is 0 Å². The predicted molar refractivity (Wildman–Crippen MR) is 24.1 cm³/mol. The molecule has 0 atom stereocenters. The van der Waals surface area contributed by atoms with Crippen LogP contribution >= 0.6 is 0 Å². The van der Waals surface area contributed by atoms with Gasteiger partial charge in [0.25, 0.3) is 0 Å². The summed E-state index contributed by atoms with van der Waals surface area (Å²) in [6.45, 7) is 0. The van der Waals surface area contributed by atoms with Crippen LogP contribution in [-0.2, 0) is 44.8 Å². The summed E-state index contributed by atoms with van der Waals surface area (Å²) in [6.07, 6.45) is 0. The molecule has 1 aromatic carbocycles. The van der Waals surface area contributed by atoms with Gasteiger partial charge in [-0.1, -0.05) is 0 Å². The van der Waals surface area contributed by atoms with Crippen molar-refractivity contribution in [1.82, 2.24) is 0 Å². The fraction of sp³-hybridized carbons (Fsp3) is 0. The largest absolute Gasteiger partial charge is 1.00 e. The quantitative estimate of drug-likeness (QED) is 0.499. The van der Waals surface area contributed by atoms with Gasteiger partial charge in [-0.2, -0.15) is 0 Å². The average Bonchev–Trinajstić information content (AvgIpc) is 1.72. The Bertz CT molecular complexity index is 78.5. The smallest absolute Gasteiger partial charge is 0.359 e. The maximum atomic E-state index is 2.84. The third kappa shape index (κ3) is 4.85. The number of rotatable bonds is 0. The number of benzene rings is 1. The van der Waals surface area contributed by atoms with Crippen molar-refractivity contribution in [2.45, 2.75) is 0 Å². The van der Waals surface area contributed by atoms with E-state index in [2.05, 4.69) is 12.1 Å². The van der Waals surface area contributed by atoms with Crippen molar-refractivity contribution in [3.05, 3.63) is 36.4 Å². The van der Waals surface area contributed by atoms with Crippen LogP contribution in [0.3, 0.4) is 0 Å². The first-order valence-electron chi connectivity index (χ1n) is 1.82. The predicted octanol–water partition coefficient (Wildman–Crippen LogP) is 1.28. The molecule has 0 spiro atoms. The molecular formula is C6H4Ag2. The molecule has 0 amide bonds. The zero-order valence-electron chi connectivity index (χ0n) is 3.91. The van der Waals surface area contributed by atoms with Crippen LogP contribution in [-0.4, -0.2) is 0 Å². The average molecular weight is 292 g/mol. The molecule has 0 fully saturated rings. The maximum Gasteiger partial charge on any atom is 1.00 e. The van der Waals surface area contributed by atoms with Gasteiger partial charge in [0.15, 0.2) is 0 Å². The molecule has 0 aliphatic heterocycles. The van der Waals surface area contributed by atoms with Gasteiger partial charge in [-0.05, 0) is 0 Å². The minimum absolute atomic E-state index is 0. The molecule has 0 nitrogen and oxygen atoms in total. The Hall–Kier alpha value is 0.701. The topological polar surface area (TPSA) is 0 Å². The molecule has 0 radical (unpaired) electrons. The molecule has 0 aliphatic carbocycles. The van der Waals surface area contributed by atoms with Crippen molar-refractivity contribution >= 4 is 0 Å². The van der Waals surface area contributed by atoms with Crippen molar-refractivity contribution in [2.75, 3.05) is 0 Å². The number of hydrogen-bond donors (Lipinski definition) is 0. The molecule has 0 aliphatic rings. The number of hydrogen-bond acceptors (Lipinski definition) is 0. The summed E-state index contributed by atoms with van der Waals surface area (Å²) in [6, 6.07) is 13.0. The van der Waals surface area contributed by atoms with Gasteiger partial charge in [0.05, 0.1) is 0 Å². The van der Waals surface area contributed by atoms with Gasteiger partial charge in [0.1, 0.15) is 0 Å². The van der Waals surface area contributed by atoms with Gasteiger partial charge >= 0.3 is 44.8 Å². The molecule has 2 heteroatoms. The molecule has 1 rings (SSSR count). The fourth-order valence-corrected chi connectivity index (χ4v) is 0.304. The van der Waals surface area contributed by atoms with E-state index in [4.69, 9.17) is 0 Å². The minimum atomic E-state index is 0. The SMILES string of the molecule is [Ag+].[Ag+].[c-]1c[c-]ccc1. The van der Waals surface area contributed by atoms with Crippen molar-refractivity contribution in [1.29, 1.82) is 0 Å². The van der Waals surface area contributed by atoms with Crippen LogP contribution < -0.4 is 0 Å². The summed E-state index contributed by atoms with van der Waals surface area (Å²) in [4.78, 5) is 0. The van der Waals surface area contributed by atoms with Gasteiger partial charge < -0.3 is 18.2 Å². The summed E-state index contributed by atoms with van der Waals surface area (Å²) < 4.78 is 0. The standard InChI is InChI=1S/C6H4.2Ag/c1-2-4-6-5-3-1;;/h1-3,6H;;/q-2;2*+1. The summed E-state index contributed by atoms with van der Waals surface area (Å²) in [7, 11) is 0. The van der Waals surface area contributed by atoms with Gasteiger partial charge in [-0.25, -0.2) is 0 Å². The monoisotopic (exact) mass is 290 g/mol. The molecule has 0 aromatic heterocycles. The van der Waals surface area contributed by atoms with Crippen molar-refractivity contribution in [3.63, 3.8) is 0 Å². The third-order valence-electron chi connectivity index (χ3n) is 0.552. The third-order valence-corrected chi connectivity index (χ3v) is 0.552. The molecule has 0 bridgehead atoms. The second-order valence-corrected chi connectivity index (χ2v) is 1.00. The van der Waals surface area contributed by atoms with Gasteiger partial charge in [-0.3, -0.25) is 18.2 Å². The fourth-order valence-electron chi connectivity index (χ4n) is 0.304. The normalized spacial score (nSPS) is 6.00. The van der Waals surface area contributed by atoms with E-state index in [1.54, 1.807) is 6.07 Å². The second-order valence-electron chi connectivity index (χ2n) is 1.00. The van der Waals surface area contributed by atoms with Crippen molar-refractivity contribution in [3.8, 4) is 0 Å². The van der Waals surface area contributed by atoms with Crippen LogP contribution in [0.5, 0.6) is 0 Å². The van der Waals surface area contributed by atoms with Crippen LogP contribution in [0, 0.1) is 12.1 Å². The first-order chi connectivity index (χ1) is 3.00. The maximum absolute atomic E-state index is 2.84. The van der Waals surface area contributed by atoms with Gasteiger partial charge in [-0.15, -0.1) is 0 Å². The zero-order chi connectivity index (χ0) is 4.24. The summed E-state index contributed by atoms with van der Waals surface area (Å²) >= 11 is 0. The Morgan fingerprint density at radius 1 is 0.875 bits per heavy atom. The van der Waals surface area contributed by atoms with E-state index in [0.29, 0.717) is 0 Å². The van der Waals surface area contributed by atoms with Crippen molar-refractivity contribution in [2.24, 2.45) is 0 Å². The van der Waals surface area contributed by atoms with E-state index in [1.807, 2.05) is 18.2 Å². The molecule has 50 valence electrons. The molecule has 0 unspecified atom stereocenters. The first-order valence-corrected chi connectivity index (χ1v) is 1.82. The van der Waals surface area contributed by atoms with E-state index in [9.17, 15) is 0 Å². The van der Waals surface area contributed by atoms with E-state index in [-0.39, 0.29) is 44.8 Å². The Balaban J connectivity index is 0. The van der Waals surface area contributed by atoms with Gasteiger partial charge in [0, 0.05) is 0 Å². The summed E-state index contributed by atoms with van der Waals surface area (Å²) in [5, 5.41) is 0. The first kappa shape index (κ1) is 11.5. The molecule has 0 saturated carbocycles. The molecule has 8 heavy (non-hydrogen) atoms. The Morgan fingerprint density at radius 3 is 1.50 bits per heavy atom. The zero-order valence-corrected chi connectivity index (χ0v) is 6.88. The molecule has 0 saturated heterocycles. The Kier molecular flexibility index (Phi) is 11.1. The molecule has 0 heterocycles. The van der Waals surface area contributed by atoms with Crippen LogP contribution in [0.2, 0.25) is 0 Å². The Morgan fingerprint density at radius 2 is 1.38 bits per heavy atom. The van der Waals surface area contributed by atoms with Crippen LogP contribution in [0.25, 0.3) is 0 Å². The van der Waals surface area contributed by atoms with Crippen LogP contribution in [0.1, 0.15) is 0 Å². The van der Waals surface area contributed by atoms with Crippen LogP contribution in [0.15, 0.2) is 24.3 Å².